The van der Waals surface area contributed by atoms with E-state index in [0.717, 1.165) is 0 Å². The fourth-order valence-corrected chi connectivity index (χ4v) is 2.29. The van der Waals surface area contributed by atoms with Crippen molar-refractivity contribution in [2.45, 2.75) is 24.5 Å². The molecule has 8 heteroatoms. The minimum absolute atomic E-state index is 0.281. The number of hydrogen-bond donors (Lipinski definition) is 4. The summed E-state index contributed by atoms with van der Waals surface area (Å²) in [7, 11) is 0. The third kappa shape index (κ3) is 1.77. The van der Waals surface area contributed by atoms with Crippen LogP contribution in [0.25, 0.3) is 11.0 Å². The van der Waals surface area contributed by atoms with E-state index < -0.39 is 24.5 Å². The van der Waals surface area contributed by atoms with Gasteiger partial charge in [-0.15, -0.1) is 0 Å². The predicted octanol–water partition coefficient (Wildman–Crippen LogP) is -1.38. The average Bonchev–Trinajstić information content (AvgIpc) is 2.94. The first-order valence-electron chi connectivity index (χ1n) is 5.83. The van der Waals surface area contributed by atoms with E-state index in [9.17, 15) is 10.2 Å². The second kappa shape index (κ2) is 4.42. The van der Waals surface area contributed by atoms with Crippen LogP contribution in [0, 0.1) is 0 Å². The lowest BCUT2D eigenvalue weighted by Gasteiger charge is -2.16. The molecular weight excluding hydrogens is 252 g/mol. The minimum atomic E-state index is -1.15. The second-order valence-corrected chi connectivity index (χ2v) is 4.44. The van der Waals surface area contributed by atoms with Crippen molar-refractivity contribution in [1.29, 1.82) is 0 Å². The minimum Gasteiger partial charge on any atom is -0.394 e. The van der Waals surface area contributed by atoms with Gasteiger partial charge in [-0.3, -0.25) is 0 Å². The van der Waals surface area contributed by atoms with E-state index in [1.807, 2.05) is 0 Å². The molecule has 0 aromatic carbocycles. The van der Waals surface area contributed by atoms with Gasteiger partial charge in [0.05, 0.1) is 18.5 Å². The fourth-order valence-electron chi connectivity index (χ4n) is 2.29. The Labute approximate surface area is 108 Å². The number of hydrogen-bond acceptors (Lipinski definition) is 7. The SMILES string of the molecule is Nc1nccc2c1ncn2[C@@H]1O[C@H](CO)[C@H](O)C1O. The zero-order valence-electron chi connectivity index (χ0n) is 9.92. The summed E-state index contributed by atoms with van der Waals surface area (Å²) in [6.45, 7) is -0.370. The average molecular weight is 266 g/mol. The van der Waals surface area contributed by atoms with Crippen LogP contribution in [0.2, 0.25) is 0 Å². The van der Waals surface area contributed by atoms with Gasteiger partial charge in [0, 0.05) is 6.20 Å². The number of anilines is 1. The Kier molecular flexibility index (Phi) is 2.86. The maximum Gasteiger partial charge on any atom is 0.164 e. The van der Waals surface area contributed by atoms with Gasteiger partial charge in [0.15, 0.2) is 12.0 Å². The summed E-state index contributed by atoms with van der Waals surface area (Å²) in [5.41, 5.74) is 6.85. The van der Waals surface area contributed by atoms with Crippen LogP contribution in [0.1, 0.15) is 6.23 Å². The standard InChI is InChI=1S/C11H14N4O4/c12-10-7-5(1-2-13-10)15(4-14-7)11-9(18)8(17)6(3-16)19-11/h1-2,4,6,8-9,11,16-18H,3H2,(H2,12,13)/t6-,8+,9?,11-/m1/s1. The topological polar surface area (TPSA) is 127 Å². The van der Waals surface area contributed by atoms with E-state index in [1.165, 1.54) is 12.5 Å². The lowest BCUT2D eigenvalue weighted by molar-refractivity contribution is -0.0508. The Hall–Kier alpha value is -1.74. The molecule has 1 fully saturated rings. The molecule has 3 rings (SSSR count). The van der Waals surface area contributed by atoms with Crippen LogP contribution < -0.4 is 5.73 Å². The van der Waals surface area contributed by atoms with E-state index in [2.05, 4.69) is 9.97 Å². The number of fused-ring (bicyclic) bond motifs is 1. The molecule has 2 aromatic rings. The Morgan fingerprint density at radius 2 is 2.11 bits per heavy atom. The molecule has 0 radical (unpaired) electrons. The molecule has 2 aromatic heterocycles. The van der Waals surface area contributed by atoms with Gasteiger partial charge in [0.2, 0.25) is 0 Å². The Morgan fingerprint density at radius 3 is 2.79 bits per heavy atom. The molecule has 0 aliphatic carbocycles. The molecule has 19 heavy (non-hydrogen) atoms. The zero-order valence-corrected chi connectivity index (χ0v) is 9.92. The van der Waals surface area contributed by atoms with Crippen LogP contribution in [0.3, 0.4) is 0 Å². The lowest BCUT2D eigenvalue weighted by atomic mass is 10.1. The van der Waals surface area contributed by atoms with E-state index >= 15 is 0 Å². The number of pyridine rings is 1. The van der Waals surface area contributed by atoms with E-state index in [4.69, 9.17) is 15.6 Å². The number of aromatic nitrogens is 3. The largest absolute Gasteiger partial charge is 0.394 e. The molecule has 1 saturated heterocycles. The van der Waals surface area contributed by atoms with Crippen molar-refractivity contribution in [3.8, 4) is 0 Å². The molecule has 4 atom stereocenters. The molecule has 8 nitrogen and oxygen atoms in total. The molecule has 0 amide bonds. The zero-order chi connectivity index (χ0) is 13.6. The summed E-state index contributed by atoms with van der Waals surface area (Å²) in [6, 6.07) is 1.69. The maximum atomic E-state index is 9.98. The second-order valence-electron chi connectivity index (χ2n) is 4.44. The predicted molar refractivity (Wildman–Crippen MR) is 64.9 cm³/mol. The third-order valence-electron chi connectivity index (χ3n) is 3.31. The number of nitrogen functional groups attached to an aromatic ring is 1. The van der Waals surface area contributed by atoms with Crippen LogP contribution in [0.4, 0.5) is 5.82 Å². The summed E-state index contributed by atoms with van der Waals surface area (Å²) in [5.74, 6) is 0.281. The summed E-state index contributed by atoms with van der Waals surface area (Å²) in [4.78, 5) is 8.03. The smallest absolute Gasteiger partial charge is 0.164 e. The number of ether oxygens (including phenoxy) is 1. The molecule has 1 aliphatic heterocycles. The third-order valence-corrected chi connectivity index (χ3v) is 3.31. The van der Waals surface area contributed by atoms with Gasteiger partial charge < -0.3 is 30.4 Å². The van der Waals surface area contributed by atoms with Crippen molar-refractivity contribution < 1.29 is 20.1 Å². The lowest BCUT2D eigenvalue weighted by Crippen LogP contribution is -2.33. The summed E-state index contributed by atoms with van der Waals surface area (Å²) in [5, 5.41) is 28.8. The quantitative estimate of drug-likeness (QED) is 0.528. The van der Waals surface area contributed by atoms with Crippen LogP contribution in [-0.2, 0) is 4.74 Å². The number of aliphatic hydroxyl groups excluding tert-OH is 3. The molecule has 1 unspecified atom stereocenters. The van der Waals surface area contributed by atoms with Crippen molar-refractivity contribution >= 4 is 16.9 Å². The number of rotatable bonds is 2. The van der Waals surface area contributed by atoms with Crippen LogP contribution >= 0.6 is 0 Å². The highest BCUT2D eigenvalue weighted by atomic mass is 16.6. The molecule has 0 saturated carbocycles. The number of nitrogens with two attached hydrogens (primary N) is 1. The normalized spacial score (nSPS) is 31.1. The van der Waals surface area contributed by atoms with E-state index in [-0.39, 0.29) is 12.4 Å². The number of nitrogens with zero attached hydrogens (tertiary/aromatic N) is 3. The van der Waals surface area contributed by atoms with Crippen molar-refractivity contribution in [2.75, 3.05) is 12.3 Å². The highest BCUT2D eigenvalue weighted by molar-refractivity contribution is 5.84. The summed E-state index contributed by atoms with van der Waals surface area (Å²) < 4.78 is 7.01. The fraction of sp³-hybridized carbons (Fsp3) is 0.455. The molecule has 102 valence electrons. The van der Waals surface area contributed by atoms with Gasteiger partial charge in [0.25, 0.3) is 0 Å². The number of aliphatic hydroxyl groups is 3. The van der Waals surface area contributed by atoms with Crippen LogP contribution in [0.5, 0.6) is 0 Å². The van der Waals surface area contributed by atoms with Gasteiger partial charge in [-0.05, 0) is 6.07 Å². The number of imidazole rings is 1. The van der Waals surface area contributed by atoms with Crippen molar-refractivity contribution in [3.05, 3.63) is 18.6 Å². The van der Waals surface area contributed by atoms with Gasteiger partial charge >= 0.3 is 0 Å². The van der Waals surface area contributed by atoms with E-state index in [1.54, 1.807) is 10.6 Å². The Morgan fingerprint density at radius 1 is 1.32 bits per heavy atom. The van der Waals surface area contributed by atoms with Gasteiger partial charge in [-0.1, -0.05) is 0 Å². The molecule has 5 N–H and O–H groups in total. The van der Waals surface area contributed by atoms with Gasteiger partial charge in [-0.25, -0.2) is 9.97 Å². The highest BCUT2D eigenvalue weighted by Gasteiger charge is 2.43. The summed E-state index contributed by atoms with van der Waals surface area (Å²) >= 11 is 0. The molecule has 1 aliphatic rings. The monoisotopic (exact) mass is 266 g/mol. The van der Waals surface area contributed by atoms with Crippen molar-refractivity contribution in [1.82, 2.24) is 14.5 Å². The molecular formula is C11H14N4O4. The summed E-state index contributed by atoms with van der Waals surface area (Å²) in [6.07, 6.45) is -0.952. The van der Waals surface area contributed by atoms with E-state index in [0.29, 0.717) is 11.0 Å². The molecule has 3 heterocycles. The Bertz CT molecular complexity index is 601. The first kappa shape index (κ1) is 12.3. The van der Waals surface area contributed by atoms with Crippen molar-refractivity contribution in [2.24, 2.45) is 0 Å². The van der Waals surface area contributed by atoms with Gasteiger partial charge in [-0.2, -0.15) is 0 Å². The van der Waals surface area contributed by atoms with Crippen LogP contribution in [0.15, 0.2) is 18.6 Å². The maximum absolute atomic E-state index is 9.98. The molecule has 0 bridgehead atoms. The van der Waals surface area contributed by atoms with Crippen molar-refractivity contribution in [3.63, 3.8) is 0 Å². The Balaban J connectivity index is 2.04. The first-order valence-corrected chi connectivity index (χ1v) is 5.83. The van der Waals surface area contributed by atoms with Crippen LogP contribution in [-0.4, -0.2) is 54.8 Å². The molecule has 0 spiro atoms. The first-order chi connectivity index (χ1) is 9.13. The van der Waals surface area contributed by atoms with Gasteiger partial charge in [0.1, 0.15) is 23.8 Å². The highest BCUT2D eigenvalue weighted by Crippen LogP contribution is 2.32.